The average Bonchev–Trinajstić information content (AvgIpc) is 3.08. The van der Waals surface area contributed by atoms with E-state index in [0.717, 1.165) is 18.4 Å². The van der Waals surface area contributed by atoms with E-state index in [1.807, 2.05) is 30.3 Å². The molecule has 1 N–H and O–H groups in total. The number of aliphatic carboxylic acids is 1. The van der Waals surface area contributed by atoms with Gasteiger partial charge in [-0.3, -0.25) is 9.59 Å². The van der Waals surface area contributed by atoms with Crippen LogP contribution in [0, 0.1) is 5.92 Å². The summed E-state index contributed by atoms with van der Waals surface area (Å²) in [6.07, 6.45) is 2.36. The van der Waals surface area contributed by atoms with Crippen LogP contribution < -0.4 is 0 Å². The van der Waals surface area contributed by atoms with Gasteiger partial charge in [-0.15, -0.1) is 0 Å². The van der Waals surface area contributed by atoms with Crippen molar-refractivity contribution >= 4 is 11.9 Å². The molecule has 0 bridgehead atoms. The summed E-state index contributed by atoms with van der Waals surface area (Å²) in [5.74, 6) is -2.04. The molecule has 1 atom stereocenters. The number of amides is 1. The van der Waals surface area contributed by atoms with Crippen LogP contribution in [0.15, 0.2) is 30.3 Å². The van der Waals surface area contributed by atoms with Crippen LogP contribution in [0.25, 0.3) is 0 Å². The third-order valence-corrected chi connectivity index (χ3v) is 4.03. The first kappa shape index (κ1) is 11.3. The second-order valence-electron chi connectivity index (χ2n) is 5.23. The SMILES string of the molecule is O=C(O)C1CC2(CC2)N(Cc2ccccc2)C1=O. The van der Waals surface area contributed by atoms with Gasteiger partial charge in [0.05, 0.1) is 0 Å². The molecule has 3 rings (SSSR count). The molecule has 1 saturated carbocycles. The lowest BCUT2D eigenvalue weighted by molar-refractivity contribution is -0.147. The molecule has 2 aliphatic rings. The maximum Gasteiger partial charge on any atom is 0.316 e. The Kier molecular flexibility index (Phi) is 2.40. The van der Waals surface area contributed by atoms with Crippen LogP contribution in [0.4, 0.5) is 0 Å². The topological polar surface area (TPSA) is 57.6 Å². The van der Waals surface area contributed by atoms with Gasteiger partial charge >= 0.3 is 5.97 Å². The van der Waals surface area contributed by atoms with Crippen LogP contribution in [0.3, 0.4) is 0 Å². The second kappa shape index (κ2) is 3.83. The highest BCUT2D eigenvalue weighted by Gasteiger charge is 2.59. The van der Waals surface area contributed by atoms with Gasteiger partial charge in [-0.05, 0) is 24.8 Å². The first-order valence-corrected chi connectivity index (χ1v) is 6.21. The molecule has 1 aliphatic carbocycles. The number of carboxylic acids is 1. The number of rotatable bonds is 3. The van der Waals surface area contributed by atoms with Crippen molar-refractivity contribution in [1.82, 2.24) is 4.90 Å². The molecule has 1 saturated heterocycles. The standard InChI is InChI=1S/C14H15NO3/c16-12-11(13(17)18)8-14(6-7-14)15(12)9-10-4-2-1-3-5-10/h1-5,11H,6-9H2,(H,17,18). The van der Waals surface area contributed by atoms with E-state index in [4.69, 9.17) is 5.11 Å². The fraction of sp³-hybridized carbons (Fsp3) is 0.429. The Labute approximate surface area is 105 Å². The van der Waals surface area contributed by atoms with Crippen molar-refractivity contribution in [1.29, 1.82) is 0 Å². The molecule has 0 radical (unpaired) electrons. The van der Waals surface area contributed by atoms with E-state index < -0.39 is 11.9 Å². The summed E-state index contributed by atoms with van der Waals surface area (Å²) in [6.45, 7) is 0.531. The van der Waals surface area contributed by atoms with Gasteiger partial charge in [0, 0.05) is 12.1 Å². The van der Waals surface area contributed by atoms with Gasteiger partial charge in [-0.2, -0.15) is 0 Å². The highest BCUT2D eigenvalue weighted by atomic mass is 16.4. The van der Waals surface area contributed by atoms with E-state index in [0.29, 0.717) is 13.0 Å². The third-order valence-electron chi connectivity index (χ3n) is 4.03. The van der Waals surface area contributed by atoms with E-state index in [1.165, 1.54) is 0 Å². The van der Waals surface area contributed by atoms with Crippen LogP contribution >= 0.6 is 0 Å². The van der Waals surface area contributed by atoms with Gasteiger partial charge in [0.25, 0.3) is 0 Å². The number of nitrogens with zero attached hydrogens (tertiary/aromatic N) is 1. The monoisotopic (exact) mass is 245 g/mol. The van der Waals surface area contributed by atoms with Gasteiger partial charge in [-0.1, -0.05) is 30.3 Å². The summed E-state index contributed by atoms with van der Waals surface area (Å²) in [7, 11) is 0. The zero-order chi connectivity index (χ0) is 12.8. The fourth-order valence-corrected chi connectivity index (χ4v) is 2.82. The van der Waals surface area contributed by atoms with Crippen LogP contribution in [0.5, 0.6) is 0 Å². The van der Waals surface area contributed by atoms with Crippen LogP contribution in [0.2, 0.25) is 0 Å². The molecule has 2 fully saturated rings. The maximum atomic E-state index is 12.2. The van der Waals surface area contributed by atoms with Crippen LogP contribution in [-0.4, -0.2) is 27.4 Å². The average molecular weight is 245 g/mol. The minimum atomic E-state index is -0.984. The van der Waals surface area contributed by atoms with Crippen molar-refractivity contribution in [3.63, 3.8) is 0 Å². The van der Waals surface area contributed by atoms with Gasteiger partial charge < -0.3 is 10.0 Å². The summed E-state index contributed by atoms with van der Waals surface area (Å²) in [4.78, 5) is 25.0. The first-order chi connectivity index (χ1) is 8.62. The molecule has 94 valence electrons. The summed E-state index contributed by atoms with van der Waals surface area (Å²) in [5.41, 5.74) is 0.902. The predicted molar refractivity (Wildman–Crippen MR) is 64.7 cm³/mol. The third kappa shape index (κ3) is 1.68. The van der Waals surface area contributed by atoms with Crippen molar-refractivity contribution < 1.29 is 14.7 Å². The fourth-order valence-electron chi connectivity index (χ4n) is 2.82. The molecule has 4 heteroatoms. The lowest BCUT2D eigenvalue weighted by Crippen LogP contribution is -2.35. The summed E-state index contributed by atoms with van der Waals surface area (Å²) in [5, 5.41) is 9.08. The van der Waals surface area contributed by atoms with Gasteiger partial charge in [0.2, 0.25) is 5.91 Å². The van der Waals surface area contributed by atoms with Crippen molar-refractivity contribution in [2.24, 2.45) is 5.92 Å². The molecule has 18 heavy (non-hydrogen) atoms. The van der Waals surface area contributed by atoms with Gasteiger partial charge in [-0.25, -0.2) is 0 Å². The Morgan fingerprint density at radius 1 is 1.33 bits per heavy atom. The van der Waals surface area contributed by atoms with E-state index in [9.17, 15) is 9.59 Å². The molecule has 4 nitrogen and oxygen atoms in total. The number of carbonyl (C=O) groups excluding carboxylic acids is 1. The summed E-state index contributed by atoms with van der Waals surface area (Å²) < 4.78 is 0. The summed E-state index contributed by atoms with van der Waals surface area (Å²) in [6, 6.07) is 9.74. The molecule has 1 spiro atoms. The molecule has 1 unspecified atom stereocenters. The minimum Gasteiger partial charge on any atom is -0.481 e. The van der Waals surface area contributed by atoms with Crippen molar-refractivity contribution in [2.45, 2.75) is 31.3 Å². The zero-order valence-electron chi connectivity index (χ0n) is 10.0. The van der Waals surface area contributed by atoms with Crippen molar-refractivity contribution in [3.05, 3.63) is 35.9 Å². The second-order valence-corrected chi connectivity index (χ2v) is 5.23. The molecule has 1 heterocycles. The number of carboxylic acid groups (broad SMARTS) is 1. The van der Waals surface area contributed by atoms with Crippen LogP contribution in [-0.2, 0) is 16.1 Å². The van der Waals surface area contributed by atoms with Crippen molar-refractivity contribution in [2.75, 3.05) is 0 Å². The highest BCUT2D eigenvalue weighted by Crippen LogP contribution is 2.52. The van der Waals surface area contributed by atoms with Gasteiger partial charge in [0.15, 0.2) is 0 Å². The van der Waals surface area contributed by atoms with Crippen LogP contribution in [0.1, 0.15) is 24.8 Å². The lowest BCUT2D eigenvalue weighted by Gasteiger charge is -2.24. The summed E-state index contributed by atoms with van der Waals surface area (Å²) >= 11 is 0. The molecular weight excluding hydrogens is 230 g/mol. The number of likely N-dealkylation sites (tertiary alicyclic amines) is 1. The Morgan fingerprint density at radius 3 is 2.56 bits per heavy atom. The van der Waals surface area contributed by atoms with E-state index in [-0.39, 0.29) is 11.4 Å². The molecule has 0 aromatic heterocycles. The number of benzene rings is 1. The molecule has 1 aliphatic heterocycles. The number of hydrogen-bond donors (Lipinski definition) is 1. The minimum absolute atomic E-state index is 0.157. The molecule has 1 aromatic rings. The number of hydrogen-bond acceptors (Lipinski definition) is 2. The first-order valence-electron chi connectivity index (χ1n) is 6.21. The molecular formula is C14H15NO3. The van der Waals surface area contributed by atoms with Crippen molar-refractivity contribution in [3.8, 4) is 0 Å². The molecule has 1 amide bonds. The van der Waals surface area contributed by atoms with E-state index in [2.05, 4.69) is 0 Å². The lowest BCUT2D eigenvalue weighted by atomic mass is 10.0. The van der Waals surface area contributed by atoms with E-state index >= 15 is 0 Å². The highest BCUT2D eigenvalue weighted by molar-refractivity contribution is 5.99. The quantitative estimate of drug-likeness (QED) is 0.824. The van der Waals surface area contributed by atoms with E-state index in [1.54, 1.807) is 4.90 Å². The largest absolute Gasteiger partial charge is 0.481 e. The number of carbonyl (C=O) groups is 2. The maximum absolute atomic E-state index is 12.2. The normalized spacial score (nSPS) is 24.6. The zero-order valence-corrected chi connectivity index (χ0v) is 10.0. The Hall–Kier alpha value is -1.84. The Balaban J connectivity index is 1.83. The predicted octanol–water partition coefficient (Wildman–Crippen LogP) is 1.65. The Morgan fingerprint density at radius 2 is 2.00 bits per heavy atom. The van der Waals surface area contributed by atoms with Gasteiger partial charge in [0.1, 0.15) is 5.92 Å². The Bertz CT molecular complexity index is 493. The molecule has 1 aromatic carbocycles. The smallest absolute Gasteiger partial charge is 0.316 e.